The summed E-state index contributed by atoms with van der Waals surface area (Å²) in [6, 6.07) is 3.23. The van der Waals surface area contributed by atoms with E-state index in [1.165, 1.54) is 12.1 Å². The van der Waals surface area contributed by atoms with Gasteiger partial charge in [0.1, 0.15) is 0 Å². The van der Waals surface area contributed by atoms with Crippen LogP contribution < -0.4 is 5.73 Å². The first-order valence-corrected chi connectivity index (χ1v) is 7.50. The highest BCUT2D eigenvalue weighted by molar-refractivity contribution is 6.55. The van der Waals surface area contributed by atoms with Crippen molar-refractivity contribution in [3.63, 3.8) is 0 Å². The molecule has 1 fully saturated rings. The van der Waals surface area contributed by atoms with Gasteiger partial charge in [-0.1, -0.05) is 6.08 Å². The van der Waals surface area contributed by atoms with Gasteiger partial charge in [-0.15, -0.1) is 0 Å². The zero-order valence-corrected chi connectivity index (χ0v) is 14.1. The molecule has 132 valence electrons. The van der Waals surface area contributed by atoms with Crippen molar-refractivity contribution in [3.05, 3.63) is 34.8 Å². The lowest BCUT2D eigenvalue weighted by molar-refractivity contribution is -0.137. The van der Waals surface area contributed by atoms with Crippen LogP contribution in [0.2, 0.25) is 0 Å². The molecule has 2 rings (SSSR count). The average Bonchev–Trinajstić information content (AvgIpc) is 2.63. The summed E-state index contributed by atoms with van der Waals surface area (Å²) in [5.74, 6) is 0. The zero-order chi connectivity index (χ0) is 18.3. The largest absolute Gasteiger partial charge is 0.492 e. The first-order chi connectivity index (χ1) is 10.9. The van der Waals surface area contributed by atoms with E-state index >= 15 is 0 Å². The highest BCUT2D eigenvalue weighted by Gasteiger charge is 2.52. The predicted octanol–water partition coefficient (Wildman–Crippen LogP) is 3.29. The minimum Gasteiger partial charge on any atom is -0.400 e. The highest BCUT2D eigenvalue weighted by Crippen LogP contribution is 2.39. The van der Waals surface area contributed by atoms with E-state index in [0.717, 1.165) is 12.1 Å². The van der Waals surface area contributed by atoms with Crippen molar-refractivity contribution in [1.29, 1.82) is 0 Å². The van der Waals surface area contributed by atoms with E-state index in [2.05, 4.69) is 0 Å². The van der Waals surface area contributed by atoms with E-state index in [1.54, 1.807) is 0 Å². The van der Waals surface area contributed by atoms with Gasteiger partial charge in [0, 0.05) is 5.69 Å². The van der Waals surface area contributed by atoms with Crippen LogP contribution in [0.5, 0.6) is 0 Å². The Morgan fingerprint density at radius 2 is 1.71 bits per heavy atom. The number of aliphatic hydroxyl groups excluding tert-OH is 1. The molecular weight excluding hydrogens is 322 g/mol. The highest BCUT2D eigenvalue weighted by atomic mass is 19.4. The van der Waals surface area contributed by atoms with Crippen molar-refractivity contribution in [2.45, 2.75) is 45.1 Å². The molecule has 4 nitrogen and oxygen atoms in total. The molecule has 1 aromatic rings. The van der Waals surface area contributed by atoms with Gasteiger partial charge in [-0.05, 0) is 56.9 Å². The van der Waals surface area contributed by atoms with Crippen LogP contribution in [0.3, 0.4) is 0 Å². The fourth-order valence-corrected chi connectivity index (χ4v) is 2.32. The van der Waals surface area contributed by atoms with E-state index in [1.807, 2.05) is 27.7 Å². The third kappa shape index (κ3) is 3.76. The zero-order valence-electron chi connectivity index (χ0n) is 14.1. The van der Waals surface area contributed by atoms with Crippen molar-refractivity contribution < 1.29 is 27.6 Å². The summed E-state index contributed by atoms with van der Waals surface area (Å²) in [5.41, 5.74) is 4.02. The van der Waals surface area contributed by atoms with Crippen LogP contribution in [-0.4, -0.2) is 30.0 Å². The van der Waals surface area contributed by atoms with Crippen molar-refractivity contribution in [2.75, 3.05) is 12.3 Å². The second-order valence-electron chi connectivity index (χ2n) is 6.85. The standard InChI is InChI=1S/C16H21BF3NO3/c1-14(2)15(3,4)24-17(23-14)12(9-22)6-10-5-11(16(18,19)20)8-13(21)7-10/h5-8,22H,9,21H2,1-4H3. The Kier molecular flexibility index (Phi) is 4.78. The topological polar surface area (TPSA) is 64.7 Å². The minimum atomic E-state index is -4.50. The Morgan fingerprint density at radius 1 is 1.17 bits per heavy atom. The first-order valence-electron chi connectivity index (χ1n) is 7.50. The van der Waals surface area contributed by atoms with Gasteiger partial charge >= 0.3 is 13.3 Å². The second kappa shape index (κ2) is 6.09. The van der Waals surface area contributed by atoms with Crippen molar-refractivity contribution in [1.82, 2.24) is 0 Å². The number of aliphatic hydroxyl groups is 1. The molecule has 0 aromatic heterocycles. The third-order valence-corrected chi connectivity index (χ3v) is 4.40. The maximum Gasteiger partial charge on any atom is 0.492 e. The van der Waals surface area contributed by atoms with Crippen molar-refractivity contribution in [2.24, 2.45) is 0 Å². The Bertz CT molecular complexity index is 640. The van der Waals surface area contributed by atoms with E-state index in [-0.39, 0.29) is 11.3 Å². The first kappa shape index (κ1) is 18.8. The Balaban J connectivity index is 2.37. The molecule has 0 atom stereocenters. The quantitative estimate of drug-likeness (QED) is 0.653. The third-order valence-electron chi connectivity index (χ3n) is 4.40. The average molecular weight is 343 g/mol. The number of benzene rings is 1. The number of hydrogen-bond donors (Lipinski definition) is 2. The van der Waals surface area contributed by atoms with Crippen LogP contribution in [0, 0.1) is 0 Å². The van der Waals surface area contributed by atoms with Crippen LogP contribution in [0.15, 0.2) is 23.7 Å². The van der Waals surface area contributed by atoms with Gasteiger partial charge in [0.25, 0.3) is 0 Å². The number of halogens is 3. The molecular formula is C16H21BF3NO3. The molecule has 0 aliphatic carbocycles. The van der Waals surface area contributed by atoms with Crippen molar-refractivity contribution >= 4 is 18.9 Å². The Morgan fingerprint density at radius 3 is 2.17 bits per heavy atom. The summed E-state index contributed by atoms with van der Waals surface area (Å²) < 4.78 is 50.3. The lowest BCUT2D eigenvalue weighted by atomic mass is 9.77. The summed E-state index contributed by atoms with van der Waals surface area (Å²) in [6.45, 7) is 7.00. The molecule has 0 radical (unpaired) electrons. The van der Waals surface area contributed by atoms with Crippen LogP contribution in [0.1, 0.15) is 38.8 Å². The molecule has 1 heterocycles. The molecule has 8 heteroatoms. The molecule has 0 unspecified atom stereocenters. The van der Waals surface area contributed by atoms with Gasteiger partial charge in [0.15, 0.2) is 0 Å². The minimum absolute atomic E-state index is 0.0118. The number of hydrogen-bond acceptors (Lipinski definition) is 4. The summed E-state index contributed by atoms with van der Waals surface area (Å²) in [4.78, 5) is 0. The molecule has 0 bridgehead atoms. The Labute approximate surface area is 139 Å². The Hall–Kier alpha value is -1.51. The number of anilines is 1. The molecule has 1 aliphatic heterocycles. The van der Waals surface area contributed by atoms with Crippen molar-refractivity contribution in [3.8, 4) is 0 Å². The van der Waals surface area contributed by atoms with E-state index < -0.39 is 36.7 Å². The monoisotopic (exact) mass is 343 g/mol. The van der Waals surface area contributed by atoms with Gasteiger partial charge in [0.2, 0.25) is 0 Å². The van der Waals surface area contributed by atoms with E-state index in [4.69, 9.17) is 15.0 Å². The van der Waals surface area contributed by atoms with Gasteiger partial charge in [-0.25, -0.2) is 0 Å². The van der Waals surface area contributed by atoms with Crippen LogP contribution >= 0.6 is 0 Å². The lowest BCUT2D eigenvalue weighted by Crippen LogP contribution is -2.41. The summed E-state index contributed by atoms with van der Waals surface area (Å²) in [5, 5.41) is 9.60. The number of nitrogens with two attached hydrogens (primary N) is 1. The molecule has 3 N–H and O–H groups in total. The van der Waals surface area contributed by atoms with Gasteiger partial charge in [0.05, 0.1) is 23.4 Å². The van der Waals surface area contributed by atoms with Crippen LogP contribution in [-0.2, 0) is 15.5 Å². The lowest BCUT2D eigenvalue weighted by Gasteiger charge is -2.32. The van der Waals surface area contributed by atoms with Gasteiger partial charge < -0.3 is 20.1 Å². The summed E-state index contributed by atoms with van der Waals surface area (Å²) in [7, 11) is -0.837. The SMILES string of the molecule is CC1(C)OB(C(=Cc2cc(N)cc(C(F)(F)F)c2)CO)OC1(C)C. The normalized spacial score (nSPS) is 20.5. The van der Waals surface area contributed by atoms with Gasteiger partial charge in [-0.3, -0.25) is 0 Å². The summed E-state index contributed by atoms with van der Waals surface area (Å²) >= 11 is 0. The number of nitrogen functional groups attached to an aromatic ring is 1. The molecule has 1 aliphatic rings. The second-order valence-corrected chi connectivity index (χ2v) is 6.85. The molecule has 0 saturated carbocycles. The number of alkyl halides is 3. The van der Waals surface area contributed by atoms with E-state index in [9.17, 15) is 18.3 Å². The maximum absolute atomic E-state index is 12.9. The van der Waals surface area contributed by atoms with Crippen LogP contribution in [0.4, 0.5) is 18.9 Å². The molecule has 1 aromatic carbocycles. The van der Waals surface area contributed by atoms with Crippen LogP contribution in [0.25, 0.3) is 6.08 Å². The smallest absolute Gasteiger partial charge is 0.400 e. The molecule has 0 spiro atoms. The molecule has 1 saturated heterocycles. The molecule has 24 heavy (non-hydrogen) atoms. The fraction of sp³-hybridized carbons (Fsp3) is 0.500. The molecule has 0 amide bonds. The van der Waals surface area contributed by atoms with Gasteiger partial charge in [-0.2, -0.15) is 13.2 Å². The maximum atomic E-state index is 12.9. The van der Waals surface area contributed by atoms with E-state index in [0.29, 0.717) is 5.47 Å². The predicted molar refractivity (Wildman–Crippen MR) is 87.0 cm³/mol. The number of rotatable bonds is 3. The summed E-state index contributed by atoms with van der Waals surface area (Å²) in [6.07, 6.45) is -3.09. The fourth-order valence-electron chi connectivity index (χ4n) is 2.32.